The molecular formula is C22H22N2O3S. The van der Waals surface area contributed by atoms with Gasteiger partial charge in [-0.25, -0.2) is 0 Å². The number of aromatic hydroxyl groups is 1. The minimum absolute atomic E-state index is 0.0646. The summed E-state index contributed by atoms with van der Waals surface area (Å²) in [5.74, 6) is 0.367. The van der Waals surface area contributed by atoms with Crippen molar-refractivity contribution >= 4 is 28.9 Å². The average molecular weight is 394 g/mol. The van der Waals surface area contributed by atoms with Gasteiger partial charge in [0.15, 0.2) is 10.9 Å². The third-order valence-corrected chi connectivity index (χ3v) is 4.91. The van der Waals surface area contributed by atoms with Crippen molar-refractivity contribution in [2.75, 3.05) is 5.32 Å². The Bertz CT molecular complexity index is 1070. The van der Waals surface area contributed by atoms with Gasteiger partial charge in [0.25, 0.3) is 5.91 Å². The summed E-state index contributed by atoms with van der Waals surface area (Å²) in [5.41, 5.74) is 5.65. The third-order valence-electron chi connectivity index (χ3n) is 4.71. The molecule has 3 N–H and O–H groups in total. The van der Waals surface area contributed by atoms with Crippen LogP contribution in [0.1, 0.15) is 32.8 Å². The molecular weight excluding hydrogens is 372 g/mol. The van der Waals surface area contributed by atoms with Gasteiger partial charge in [0.1, 0.15) is 11.5 Å². The molecule has 1 heterocycles. The summed E-state index contributed by atoms with van der Waals surface area (Å²) >= 11 is 5.18. The molecule has 2 aromatic carbocycles. The van der Waals surface area contributed by atoms with E-state index in [0.717, 1.165) is 22.3 Å². The molecule has 0 saturated carbocycles. The van der Waals surface area contributed by atoms with Gasteiger partial charge in [0.2, 0.25) is 0 Å². The number of hydrogen-bond donors (Lipinski definition) is 3. The number of phenolic OH excluding ortho intramolecular Hbond substituents is 1. The zero-order valence-electron chi connectivity index (χ0n) is 16.2. The maximum absolute atomic E-state index is 12.4. The van der Waals surface area contributed by atoms with E-state index in [2.05, 4.69) is 10.6 Å². The molecule has 0 aliphatic rings. The van der Waals surface area contributed by atoms with E-state index in [-0.39, 0.29) is 16.6 Å². The second-order valence-electron chi connectivity index (χ2n) is 6.82. The van der Waals surface area contributed by atoms with Crippen LogP contribution in [0.15, 0.2) is 46.9 Å². The van der Waals surface area contributed by atoms with E-state index in [4.69, 9.17) is 16.6 Å². The van der Waals surface area contributed by atoms with Gasteiger partial charge in [-0.15, -0.1) is 0 Å². The normalized spacial score (nSPS) is 10.6. The summed E-state index contributed by atoms with van der Waals surface area (Å²) in [5, 5.41) is 15.5. The molecule has 0 atom stereocenters. The number of hydrogen-bond acceptors (Lipinski definition) is 4. The Morgan fingerprint density at radius 3 is 2.32 bits per heavy atom. The van der Waals surface area contributed by atoms with Gasteiger partial charge in [-0.2, -0.15) is 0 Å². The van der Waals surface area contributed by atoms with Crippen LogP contribution in [-0.2, 0) is 0 Å². The van der Waals surface area contributed by atoms with Crippen LogP contribution in [0.25, 0.3) is 11.3 Å². The van der Waals surface area contributed by atoms with Crippen LogP contribution < -0.4 is 10.6 Å². The van der Waals surface area contributed by atoms with Crippen molar-refractivity contribution in [2.24, 2.45) is 0 Å². The predicted molar refractivity (Wildman–Crippen MR) is 115 cm³/mol. The summed E-state index contributed by atoms with van der Waals surface area (Å²) in [7, 11) is 0. The number of benzene rings is 2. The topological polar surface area (TPSA) is 74.5 Å². The van der Waals surface area contributed by atoms with Gasteiger partial charge < -0.3 is 14.8 Å². The van der Waals surface area contributed by atoms with E-state index in [9.17, 15) is 9.90 Å². The van der Waals surface area contributed by atoms with Crippen molar-refractivity contribution in [3.8, 4) is 17.1 Å². The number of amides is 1. The van der Waals surface area contributed by atoms with Gasteiger partial charge in [-0.05, 0) is 92.5 Å². The fraction of sp³-hybridized carbons (Fsp3) is 0.182. The highest BCUT2D eigenvalue weighted by molar-refractivity contribution is 7.80. The van der Waals surface area contributed by atoms with Crippen LogP contribution in [0.2, 0.25) is 0 Å². The minimum Gasteiger partial charge on any atom is -0.506 e. The minimum atomic E-state index is -0.462. The van der Waals surface area contributed by atoms with Crippen molar-refractivity contribution in [3.05, 3.63) is 70.5 Å². The molecule has 3 rings (SSSR count). The van der Waals surface area contributed by atoms with E-state index < -0.39 is 5.91 Å². The zero-order valence-corrected chi connectivity index (χ0v) is 17.0. The Kier molecular flexibility index (Phi) is 5.51. The number of carbonyl (C=O) groups is 1. The Morgan fingerprint density at radius 2 is 1.61 bits per heavy atom. The first-order chi connectivity index (χ1) is 13.2. The van der Waals surface area contributed by atoms with E-state index in [0.29, 0.717) is 11.4 Å². The van der Waals surface area contributed by atoms with Crippen molar-refractivity contribution in [2.45, 2.75) is 27.7 Å². The third kappa shape index (κ3) is 4.23. The average Bonchev–Trinajstić information content (AvgIpc) is 3.12. The molecule has 28 heavy (non-hydrogen) atoms. The molecule has 6 heteroatoms. The van der Waals surface area contributed by atoms with Crippen LogP contribution in [0.5, 0.6) is 5.75 Å². The SMILES string of the molecule is Cc1ccc(-c2ccc(C(=O)NC(=S)Nc3cc(C)c(C)cc3O)o2)cc1C. The Balaban J connectivity index is 1.70. The highest BCUT2D eigenvalue weighted by Crippen LogP contribution is 2.27. The largest absolute Gasteiger partial charge is 0.506 e. The molecule has 3 aromatic rings. The fourth-order valence-corrected chi connectivity index (χ4v) is 2.93. The molecule has 0 saturated heterocycles. The second-order valence-corrected chi connectivity index (χ2v) is 7.23. The molecule has 1 amide bonds. The van der Waals surface area contributed by atoms with Crippen molar-refractivity contribution in [1.29, 1.82) is 0 Å². The number of thiocarbonyl (C=S) groups is 1. The summed E-state index contributed by atoms with van der Waals surface area (Å²) in [6, 6.07) is 12.8. The highest BCUT2D eigenvalue weighted by Gasteiger charge is 2.15. The highest BCUT2D eigenvalue weighted by atomic mass is 32.1. The lowest BCUT2D eigenvalue weighted by Crippen LogP contribution is -2.33. The number of phenols is 1. The van der Waals surface area contributed by atoms with Crippen LogP contribution in [0.3, 0.4) is 0 Å². The molecule has 1 aromatic heterocycles. The molecule has 0 spiro atoms. The molecule has 144 valence electrons. The Morgan fingerprint density at radius 1 is 0.929 bits per heavy atom. The lowest BCUT2D eigenvalue weighted by molar-refractivity contribution is 0.0951. The Labute approximate surface area is 169 Å². The fourth-order valence-electron chi connectivity index (χ4n) is 2.73. The van der Waals surface area contributed by atoms with Gasteiger partial charge >= 0.3 is 0 Å². The van der Waals surface area contributed by atoms with Crippen LogP contribution >= 0.6 is 12.2 Å². The molecule has 0 unspecified atom stereocenters. The number of aryl methyl sites for hydroxylation is 4. The predicted octanol–water partition coefficient (Wildman–Crippen LogP) is 5.01. The van der Waals surface area contributed by atoms with Crippen molar-refractivity contribution < 1.29 is 14.3 Å². The van der Waals surface area contributed by atoms with E-state index >= 15 is 0 Å². The van der Waals surface area contributed by atoms with Gasteiger partial charge in [-0.3, -0.25) is 10.1 Å². The standard InChI is InChI=1S/C22H22N2O3S/c1-12-5-6-16(9-13(12)2)19-7-8-20(27-19)21(26)24-22(28)23-17-10-14(3)15(4)11-18(17)25/h5-11,25H,1-4H3,(H2,23,24,26,28). The van der Waals surface area contributed by atoms with E-state index in [1.807, 2.05) is 45.9 Å². The molecule has 0 bridgehead atoms. The maximum Gasteiger partial charge on any atom is 0.293 e. The summed E-state index contributed by atoms with van der Waals surface area (Å²) in [4.78, 5) is 12.4. The monoisotopic (exact) mass is 394 g/mol. The first-order valence-corrected chi connectivity index (χ1v) is 9.25. The first kappa shape index (κ1) is 19.6. The maximum atomic E-state index is 12.4. The number of nitrogens with one attached hydrogen (secondary N) is 2. The second kappa shape index (κ2) is 7.86. The van der Waals surface area contributed by atoms with Crippen LogP contribution in [0, 0.1) is 27.7 Å². The van der Waals surface area contributed by atoms with Gasteiger partial charge in [0, 0.05) is 5.56 Å². The quantitative estimate of drug-likeness (QED) is 0.430. The van der Waals surface area contributed by atoms with E-state index in [1.165, 1.54) is 5.56 Å². The van der Waals surface area contributed by atoms with Gasteiger partial charge in [0.05, 0.1) is 5.69 Å². The zero-order chi connectivity index (χ0) is 20.4. The molecule has 0 aliphatic carbocycles. The smallest absolute Gasteiger partial charge is 0.293 e. The summed E-state index contributed by atoms with van der Waals surface area (Å²) in [6.07, 6.45) is 0. The van der Waals surface area contributed by atoms with Crippen molar-refractivity contribution in [1.82, 2.24) is 5.32 Å². The molecule has 0 radical (unpaired) electrons. The molecule has 0 fully saturated rings. The molecule has 5 nitrogen and oxygen atoms in total. The first-order valence-electron chi connectivity index (χ1n) is 8.84. The summed E-state index contributed by atoms with van der Waals surface area (Å²) in [6.45, 7) is 7.91. The number of rotatable bonds is 3. The van der Waals surface area contributed by atoms with Gasteiger partial charge in [-0.1, -0.05) is 12.1 Å². The number of anilines is 1. The Hall–Kier alpha value is -3.12. The van der Waals surface area contributed by atoms with Crippen molar-refractivity contribution in [3.63, 3.8) is 0 Å². The number of furan rings is 1. The van der Waals surface area contributed by atoms with Crippen LogP contribution in [0.4, 0.5) is 5.69 Å². The lowest BCUT2D eigenvalue weighted by Gasteiger charge is -2.12. The number of carbonyl (C=O) groups excluding carboxylic acids is 1. The molecule has 0 aliphatic heterocycles. The van der Waals surface area contributed by atoms with E-state index in [1.54, 1.807) is 24.3 Å². The summed E-state index contributed by atoms with van der Waals surface area (Å²) < 4.78 is 5.69. The van der Waals surface area contributed by atoms with Crippen LogP contribution in [-0.4, -0.2) is 16.1 Å². The lowest BCUT2D eigenvalue weighted by atomic mass is 10.1.